The highest BCUT2D eigenvalue weighted by molar-refractivity contribution is 6.30. The van der Waals surface area contributed by atoms with E-state index in [4.69, 9.17) is 17.3 Å². The van der Waals surface area contributed by atoms with Gasteiger partial charge in [-0.05, 0) is 49.3 Å². The normalized spacial score (nSPS) is 21.8. The van der Waals surface area contributed by atoms with E-state index in [1.807, 2.05) is 24.3 Å². The maximum atomic E-state index is 12.4. The first-order valence-electron chi connectivity index (χ1n) is 6.92. The van der Waals surface area contributed by atoms with E-state index in [0.717, 1.165) is 18.4 Å². The van der Waals surface area contributed by atoms with Crippen molar-refractivity contribution in [2.45, 2.75) is 37.1 Å². The van der Waals surface area contributed by atoms with E-state index in [1.165, 1.54) is 12.8 Å². The Balaban J connectivity index is 1.65. The van der Waals surface area contributed by atoms with E-state index in [1.54, 1.807) is 0 Å². The molecule has 2 saturated carbocycles. The molecule has 0 bridgehead atoms. The zero-order valence-corrected chi connectivity index (χ0v) is 11.6. The van der Waals surface area contributed by atoms with Gasteiger partial charge in [-0.3, -0.25) is 4.79 Å². The van der Waals surface area contributed by atoms with Gasteiger partial charge in [0.05, 0.1) is 5.41 Å². The van der Waals surface area contributed by atoms with Crippen LogP contribution in [0.5, 0.6) is 0 Å². The van der Waals surface area contributed by atoms with Crippen LogP contribution >= 0.6 is 11.6 Å². The van der Waals surface area contributed by atoms with Crippen LogP contribution in [0.25, 0.3) is 0 Å². The summed E-state index contributed by atoms with van der Waals surface area (Å²) in [6, 6.07) is 7.73. The molecule has 0 radical (unpaired) electrons. The Hall–Kier alpha value is -1.06. The SMILES string of the molecule is NC(CNC(=O)C1(c2cccc(Cl)c2)CC1)C1CC1. The van der Waals surface area contributed by atoms with Crippen LogP contribution in [-0.2, 0) is 10.2 Å². The zero-order valence-electron chi connectivity index (χ0n) is 10.9. The Morgan fingerprint density at radius 1 is 1.47 bits per heavy atom. The predicted octanol–water partition coefficient (Wildman–Crippen LogP) is 2.23. The Morgan fingerprint density at radius 3 is 2.79 bits per heavy atom. The standard InChI is InChI=1S/C15H19ClN2O/c16-12-3-1-2-11(8-12)15(6-7-15)14(19)18-9-13(17)10-4-5-10/h1-3,8,10,13H,4-7,9,17H2,(H,18,19). The van der Waals surface area contributed by atoms with Gasteiger partial charge >= 0.3 is 0 Å². The number of benzene rings is 1. The highest BCUT2D eigenvalue weighted by atomic mass is 35.5. The van der Waals surface area contributed by atoms with Gasteiger partial charge in [-0.1, -0.05) is 23.7 Å². The molecule has 4 heteroatoms. The summed E-state index contributed by atoms with van der Waals surface area (Å²) in [5.74, 6) is 0.715. The van der Waals surface area contributed by atoms with Gasteiger partial charge in [-0.2, -0.15) is 0 Å². The maximum Gasteiger partial charge on any atom is 0.230 e. The van der Waals surface area contributed by atoms with Crippen molar-refractivity contribution in [2.24, 2.45) is 11.7 Å². The lowest BCUT2D eigenvalue weighted by molar-refractivity contribution is -0.123. The van der Waals surface area contributed by atoms with Gasteiger partial charge < -0.3 is 11.1 Å². The van der Waals surface area contributed by atoms with Gasteiger partial charge in [-0.15, -0.1) is 0 Å². The highest BCUT2D eigenvalue weighted by Crippen LogP contribution is 2.48. The van der Waals surface area contributed by atoms with Gasteiger partial charge in [0.25, 0.3) is 0 Å². The molecule has 0 heterocycles. The molecule has 2 aliphatic carbocycles. The number of halogens is 1. The van der Waals surface area contributed by atoms with E-state index < -0.39 is 0 Å². The fourth-order valence-electron chi connectivity index (χ4n) is 2.63. The van der Waals surface area contributed by atoms with Crippen LogP contribution in [0.3, 0.4) is 0 Å². The van der Waals surface area contributed by atoms with Crippen LogP contribution in [0.2, 0.25) is 5.02 Å². The fourth-order valence-corrected chi connectivity index (χ4v) is 2.82. The minimum absolute atomic E-state index is 0.103. The highest BCUT2D eigenvalue weighted by Gasteiger charge is 2.51. The van der Waals surface area contributed by atoms with E-state index in [-0.39, 0.29) is 17.4 Å². The van der Waals surface area contributed by atoms with Crippen molar-refractivity contribution in [3.8, 4) is 0 Å². The van der Waals surface area contributed by atoms with Crippen molar-refractivity contribution in [2.75, 3.05) is 6.54 Å². The molecule has 3 N–H and O–H groups in total. The molecule has 3 nitrogen and oxygen atoms in total. The second-order valence-electron chi connectivity index (χ2n) is 5.80. The molecule has 0 aliphatic heterocycles. The summed E-state index contributed by atoms with van der Waals surface area (Å²) >= 11 is 6.01. The summed E-state index contributed by atoms with van der Waals surface area (Å²) in [6.07, 6.45) is 4.21. The van der Waals surface area contributed by atoms with Crippen molar-refractivity contribution in [1.29, 1.82) is 0 Å². The number of rotatable bonds is 5. The first-order valence-corrected chi connectivity index (χ1v) is 7.29. The topological polar surface area (TPSA) is 55.1 Å². The lowest BCUT2D eigenvalue weighted by atomic mass is 9.95. The molecule has 0 saturated heterocycles. The average molecular weight is 279 g/mol. The number of carbonyl (C=O) groups is 1. The monoisotopic (exact) mass is 278 g/mol. The molecule has 1 atom stereocenters. The fraction of sp³-hybridized carbons (Fsp3) is 0.533. The third kappa shape index (κ3) is 2.63. The van der Waals surface area contributed by atoms with Crippen molar-refractivity contribution in [1.82, 2.24) is 5.32 Å². The summed E-state index contributed by atoms with van der Waals surface area (Å²) in [5, 5.41) is 3.70. The minimum atomic E-state index is -0.353. The van der Waals surface area contributed by atoms with Crippen LogP contribution in [0, 0.1) is 5.92 Å². The number of carbonyl (C=O) groups excluding carboxylic acids is 1. The molecule has 102 valence electrons. The first-order chi connectivity index (χ1) is 9.12. The number of hydrogen-bond acceptors (Lipinski definition) is 2. The third-order valence-corrected chi connectivity index (χ3v) is 4.52. The van der Waals surface area contributed by atoms with E-state index >= 15 is 0 Å². The number of hydrogen-bond donors (Lipinski definition) is 2. The molecule has 2 aliphatic rings. The van der Waals surface area contributed by atoms with Crippen molar-refractivity contribution < 1.29 is 4.79 Å². The quantitative estimate of drug-likeness (QED) is 0.868. The summed E-state index contributed by atoms with van der Waals surface area (Å²) in [7, 11) is 0. The molecule has 19 heavy (non-hydrogen) atoms. The van der Waals surface area contributed by atoms with Crippen molar-refractivity contribution in [3.05, 3.63) is 34.9 Å². The maximum absolute atomic E-state index is 12.4. The van der Waals surface area contributed by atoms with Gasteiger partial charge in [0.15, 0.2) is 0 Å². The third-order valence-electron chi connectivity index (χ3n) is 4.29. The summed E-state index contributed by atoms with van der Waals surface area (Å²) in [4.78, 5) is 12.4. The zero-order chi connectivity index (χ0) is 13.5. The molecule has 1 aromatic carbocycles. The van der Waals surface area contributed by atoms with Crippen LogP contribution in [0.4, 0.5) is 0 Å². The first kappa shape index (κ1) is 12.9. The van der Waals surface area contributed by atoms with Crippen LogP contribution < -0.4 is 11.1 Å². The number of amides is 1. The summed E-state index contributed by atoms with van der Waals surface area (Å²) in [5.41, 5.74) is 6.69. The second kappa shape index (κ2) is 4.80. The number of nitrogens with one attached hydrogen (secondary N) is 1. The van der Waals surface area contributed by atoms with Crippen LogP contribution in [0.1, 0.15) is 31.2 Å². The van der Waals surface area contributed by atoms with E-state index in [0.29, 0.717) is 17.5 Å². The van der Waals surface area contributed by atoms with Gasteiger partial charge in [0, 0.05) is 17.6 Å². The average Bonchev–Trinajstić information content (AvgIpc) is 3.29. The summed E-state index contributed by atoms with van der Waals surface area (Å²) < 4.78 is 0. The molecule has 3 rings (SSSR count). The van der Waals surface area contributed by atoms with E-state index in [2.05, 4.69) is 5.32 Å². The smallest absolute Gasteiger partial charge is 0.230 e. The van der Waals surface area contributed by atoms with Crippen LogP contribution in [0.15, 0.2) is 24.3 Å². The molecule has 1 unspecified atom stereocenters. The molecule has 2 fully saturated rings. The Labute approximate surface area is 118 Å². The Bertz CT molecular complexity index is 495. The molecular weight excluding hydrogens is 260 g/mol. The lowest BCUT2D eigenvalue weighted by Crippen LogP contribution is -2.43. The Kier molecular flexibility index (Phi) is 3.27. The largest absolute Gasteiger partial charge is 0.354 e. The molecule has 1 aromatic rings. The predicted molar refractivity (Wildman–Crippen MR) is 76.1 cm³/mol. The molecule has 1 amide bonds. The lowest BCUT2D eigenvalue weighted by Gasteiger charge is -2.18. The molecule has 0 spiro atoms. The molecular formula is C15H19ClN2O. The van der Waals surface area contributed by atoms with Gasteiger partial charge in [0.2, 0.25) is 5.91 Å². The molecule has 0 aromatic heterocycles. The van der Waals surface area contributed by atoms with Crippen molar-refractivity contribution in [3.63, 3.8) is 0 Å². The Morgan fingerprint density at radius 2 is 2.21 bits per heavy atom. The van der Waals surface area contributed by atoms with Gasteiger partial charge in [0.1, 0.15) is 0 Å². The second-order valence-corrected chi connectivity index (χ2v) is 6.24. The van der Waals surface area contributed by atoms with Crippen molar-refractivity contribution >= 4 is 17.5 Å². The van der Waals surface area contributed by atoms with Gasteiger partial charge in [-0.25, -0.2) is 0 Å². The van der Waals surface area contributed by atoms with E-state index in [9.17, 15) is 4.79 Å². The van der Waals surface area contributed by atoms with Crippen LogP contribution in [-0.4, -0.2) is 18.5 Å². The number of nitrogens with two attached hydrogens (primary N) is 1. The minimum Gasteiger partial charge on any atom is -0.354 e. The summed E-state index contributed by atoms with van der Waals surface area (Å²) in [6.45, 7) is 0.589.